The van der Waals surface area contributed by atoms with E-state index >= 15 is 0 Å². The Morgan fingerprint density at radius 3 is 1.45 bits per heavy atom. The number of nitrogens with one attached hydrogen (secondary N) is 4. The number of carbonyl (C=O) groups is 2. The molecule has 0 spiro atoms. The van der Waals surface area contributed by atoms with Crippen LogP contribution in [0.5, 0.6) is 11.5 Å². The fraction of sp³-hybridized carbons (Fsp3) is 0.322. The Kier molecular flexibility index (Phi) is 42.6. The van der Waals surface area contributed by atoms with Crippen LogP contribution in [0.3, 0.4) is 0 Å². The number of carbonyl (C=O) groups excluding carboxylic acids is 2. The first-order valence-corrected chi connectivity index (χ1v) is 26.5. The van der Waals surface area contributed by atoms with E-state index in [1.165, 1.54) is 5.56 Å². The maximum Gasteiger partial charge on any atom is 0.143 e. The van der Waals surface area contributed by atoms with Crippen LogP contribution in [0.4, 0.5) is 22.7 Å². The zero-order valence-corrected chi connectivity index (χ0v) is 48.8. The van der Waals surface area contributed by atoms with Gasteiger partial charge in [0.15, 0.2) is 0 Å². The number of methoxy groups -OCH3 is 2. The molecule has 73 heavy (non-hydrogen) atoms. The van der Waals surface area contributed by atoms with Gasteiger partial charge in [-0.25, -0.2) is 9.98 Å². The quantitative estimate of drug-likeness (QED) is 0.0297. The molecule has 0 atom stereocenters. The Labute approximate surface area is 443 Å². The van der Waals surface area contributed by atoms with Crippen molar-refractivity contribution in [1.29, 1.82) is 0 Å². The molecule has 0 amide bonds. The fourth-order valence-corrected chi connectivity index (χ4v) is 6.11. The highest BCUT2D eigenvalue weighted by Gasteiger charge is 2.15. The zero-order chi connectivity index (χ0) is 57.3. The largest absolute Gasteiger partial charge is 0.495 e. The minimum Gasteiger partial charge on any atom is -0.495 e. The van der Waals surface area contributed by atoms with Crippen LogP contribution in [0.2, 0.25) is 0 Å². The average molecular weight is 1040 g/mol. The summed E-state index contributed by atoms with van der Waals surface area (Å²) in [6.07, 6.45) is 6.76. The summed E-state index contributed by atoms with van der Waals surface area (Å²) in [5, 5.41) is 13.9. The van der Waals surface area contributed by atoms with Crippen molar-refractivity contribution in [2.45, 2.75) is 89.0 Å². The molecule has 0 saturated heterocycles. The Morgan fingerprint density at radius 1 is 0.658 bits per heavy atom. The van der Waals surface area contributed by atoms with Crippen molar-refractivity contribution >= 4 is 69.1 Å². The normalized spacial score (nSPS) is 10.6. The number of benzene rings is 4. The van der Waals surface area contributed by atoms with E-state index in [2.05, 4.69) is 124 Å². The number of allylic oxidation sites excluding steroid dienone is 2. The molecule has 0 heterocycles. The van der Waals surface area contributed by atoms with Crippen molar-refractivity contribution in [1.82, 2.24) is 0 Å². The maximum absolute atomic E-state index is 12.3. The number of para-hydroxylation sites is 2. The summed E-state index contributed by atoms with van der Waals surface area (Å²) in [6, 6.07) is 27.7. The van der Waals surface area contributed by atoms with E-state index in [0.717, 1.165) is 57.0 Å². The molecule has 0 aliphatic heterocycles. The van der Waals surface area contributed by atoms with Gasteiger partial charge in [0, 0.05) is 22.6 Å². The second-order valence-corrected chi connectivity index (χ2v) is 20.1. The molecule has 0 fully saturated rings. The first kappa shape index (κ1) is 72.7. The molecule has 14 heteroatoms. The van der Waals surface area contributed by atoms with E-state index in [1.807, 2.05) is 133 Å². The van der Waals surface area contributed by atoms with Crippen LogP contribution < -0.4 is 36.0 Å². The Hall–Kier alpha value is -6.87. The van der Waals surface area contributed by atoms with Gasteiger partial charge >= 0.3 is 0 Å². The molecule has 0 aliphatic rings. The summed E-state index contributed by atoms with van der Waals surface area (Å²) in [4.78, 5) is 26.7. The molecule has 4 N–H and O–H groups in total. The third-order valence-electron chi connectivity index (χ3n) is 8.97. The maximum atomic E-state index is 12.3. The molecule has 0 bridgehead atoms. The highest BCUT2D eigenvalue weighted by atomic mass is 31.2. The first-order chi connectivity index (χ1) is 34.6. The number of rotatable bonds is 15. The fourth-order valence-electron chi connectivity index (χ4n) is 5.24. The van der Waals surface area contributed by atoms with Crippen LogP contribution in [0.25, 0.3) is 0 Å². The van der Waals surface area contributed by atoms with Gasteiger partial charge in [0.2, 0.25) is 0 Å². The van der Waals surface area contributed by atoms with E-state index in [1.54, 1.807) is 42.7 Å². The van der Waals surface area contributed by atoms with Crippen molar-refractivity contribution in [3.05, 3.63) is 177 Å². The standard InChI is InChI=1S/C23H30N3O2P.C23H29N3O.C4H8O.C4H10.2C2H4.CH2O.HOP/c1-8-16(2)23(26-20-12-10-9-11-17(20)3)25-18(4)24-21-14-13-19(29(6,7)27)15-22(21)28-5;1-7-10-23(26-20-12-9-8-11-17(20)4)25-18(5)24-21-14-13-19(16(2)3)15-22(21)27-6;1-4(2)3-5;1-4(2)3;4*1-2/h8-15,24H,4H2,1-3,5-7H3,(H,25,26);7-16,24H,5H2,1-4,6H3,(H,25,26);3-4H,1-2H3;4H,1-3H3;2*1-2H2;1H2;2H/b16-8-;10-7-;;;;;;. The van der Waals surface area contributed by atoms with Crippen molar-refractivity contribution in [2.24, 2.45) is 21.8 Å². The smallest absolute Gasteiger partial charge is 0.143 e. The van der Waals surface area contributed by atoms with Crippen LogP contribution >= 0.6 is 16.3 Å². The van der Waals surface area contributed by atoms with E-state index in [0.29, 0.717) is 40.7 Å². The lowest BCUT2D eigenvalue weighted by molar-refractivity contribution is -0.110. The van der Waals surface area contributed by atoms with Crippen LogP contribution in [0.1, 0.15) is 91.8 Å². The Morgan fingerprint density at radius 2 is 1.07 bits per heavy atom. The highest BCUT2D eigenvalue weighted by Crippen LogP contribution is 2.38. The van der Waals surface area contributed by atoms with E-state index < -0.39 is 7.14 Å². The second kappa shape index (κ2) is 42.8. The number of ether oxygens (including phenoxy) is 2. The molecular weight excluding hydrogens is 951 g/mol. The van der Waals surface area contributed by atoms with Crippen LogP contribution in [-0.2, 0) is 18.7 Å². The Balaban J connectivity index is -0.000000500. The number of amidine groups is 2. The minimum atomic E-state index is -2.37. The number of aliphatic imine (C=N–C) groups is 2. The summed E-state index contributed by atoms with van der Waals surface area (Å²) in [7, 11) is 2.60. The number of hydrogen-bond donors (Lipinski definition) is 4. The third kappa shape index (κ3) is 32.0. The summed E-state index contributed by atoms with van der Waals surface area (Å²) in [5.74, 6) is 5.26. The zero-order valence-electron chi connectivity index (χ0n) is 46.9. The number of aldehydes is 1. The van der Waals surface area contributed by atoms with Crippen LogP contribution in [-0.4, -0.2) is 52.3 Å². The van der Waals surface area contributed by atoms with E-state index in [9.17, 15) is 9.36 Å². The van der Waals surface area contributed by atoms with Crippen molar-refractivity contribution in [2.75, 3.05) is 48.8 Å². The predicted molar refractivity (Wildman–Crippen MR) is 323 cm³/mol. The molecule has 0 unspecified atom stereocenters. The lowest BCUT2D eigenvalue weighted by atomic mass is 10.0. The van der Waals surface area contributed by atoms with E-state index in [4.69, 9.17) is 18.8 Å². The van der Waals surface area contributed by atoms with Gasteiger partial charge in [0.05, 0.1) is 25.6 Å². The van der Waals surface area contributed by atoms with Gasteiger partial charge in [-0.05, 0) is 131 Å². The third-order valence-corrected chi connectivity index (χ3v) is 10.5. The second-order valence-electron chi connectivity index (χ2n) is 16.9. The molecule has 4 aromatic rings. The molecule has 12 nitrogen and oxygen atoms in total. The molecular formula is C59H88N6O6P2. The molecule has 4 aromatic carbocycles. The van der Waals surface area contributed by atoms with Gasteiger partial charge in [-0.15, -0.1) is 26.3 Å². The SMILES string of the molecule is C=C.C=C.C=C(/N=C(Nc1ccccc1C)\C(C)=C/C)Nc1ccc(P(C)(C)=O)cc1OC.C=C(/N=C(\C=C/C)Nc1ccccc1C)Nc1ccc(C(C)C)cc1OC.C=O.CC(C)C.CC(C)C=O.O=P. The minimum absolute atomic E-state index is 0.204. The molecule has 4 rings (SSSR count). The first-order valence-electron chi connectivity index (χ1n) is 23.5. The van der Waals surface area contributed by atoms with Crippen molar-refractivity contribution in [3.8, 4) is 11.5 Å². The van der Waals surface area contributed by atoms with E-state index in [-0.39, 0.29) is 5.92 Å². The average Bonchev–Trinajstić information content (AvgIpc) is 3.37. The number of anilines is 4. The summed E-state index contributed by atoms with van der Waals surface area (Å²) in [6.45, 7) is 50.1. The van der Waals surface area contributed by atoms with Crippen LogP contribution in [0.15, 0.2) is 170 Å². The number of hydrogen-bond acceptors (Lipinski definition) is 10. The van der Waals surface area contributed by atoms with Gasteiger partial charge in [-0.2, -0.15) is 0 Å². The number of nitrogens with zero attached hydrogens (tertiary/aromatic N) is 2. The molecule has 0 saturated carbocycles. The lowest BCUT2D eigenvalue weighted by Gasteiger charge is -2.16. The van der Waals surface area contributed by atoms with Crippen LogP contribution in [0, 0.1) is 25.7 Å². The summed E-state index contributed by atoms with van der Waals surface area (Å²) < 4.78 is 31.4. The topological polar surface area (TPSA) is 160 Å². The van der Waals surface area contributed by atoms with Crippen molar-refractivity contribution in [3.63, 3.8) is 0 Å². The highest BCUT2D eigenvalue weighted by molar-refractivity contribution is 7.70. The van der Waals surface area contributed by atoms with Gasteiger partial charge in [0.1, 0.15) is 64.1 Å². The molecule has 0 aliphatic carbocycles. The lowest BCUT2D eigenvalue weighted by Crippen LogP contribution is -2.16. The molecule has 0 radical (unpaired) electrons. The van der Waals surface area contributed by atoms with Gasteiger partial charge in [0.25, 0.3) is 0 Å². The summed E-state index contributed by atoms with van der Waals surface area (Å²) in [5.41, 5.74) is 8.06. The molecule has 400 valence electrons. The summed E-state index contributed by atoms with van der Waals surface area (Å²) >= 11 is 0. The monoisotopic (exact) mass is 1040 g/mol. The molecule has 0 aromatic heterocycles. The van der Waals surface area contributed by atoms with Gasteiger partial charge in [-0.3, -0.25) is 4.57 Å². The Bertz CT molecular complexity index is 2390. The number of aryl methyl sites for hydroxylation is 2. The predicted octanol–water partition coefficient (Wildman–Crippen LogP) is 16.1. The van der Waals surface area contributed by atoms with Gasteiger partial charge < -0.3 is 44.9 Å². The van der Waals surface area contributed by atoms with Crippen molar-refractivity contribution < 1.29 is 28.2 Å². The van der Waals surface area contributed by atoms with Gasteiger partial charge in [-0.1, -0.05) is 116 Å².